The first-order valence-corrected chi connectivity index (χ1v) is 13.9. The summed E-state index contributed by atoms with van der Waals surface area (Å²) < 4.78 is 28.1. The number of nitrogens with zero attached hydrogens (tertiary/aromatic N) is 1. The molecule has 0 bridgehead atoms. The fourth-order valence-electron chi connectivity index (χ4n) is 3.65. The Hall–Kier alpha value is -2.77. The number of sulfonamides is 1. The Bertz CT molecular complexity index is 1210. The van der Waals surface area contributed by atoms with E-state index in [1.807, 2.05) is 49.9 Å². The van der Waals surface area contributed by atoms with E-state index >= 15 is 0 Å². The molecule has 0 fully saturated rings. The summed E-state index contributed by atoms with van der Waals surface area (Å²) in [6.45, 7) is 6.17. The van der Waals surface area contributed by atoms with Gasteiger partial charge >= 0.3 is 0 Å². The first-order chi connectivity index (χ1) is 16.3. The fraction of sp³-hybridized carbons (Fsp3) is 0.296. The highest BCUT2D eigenvalue weighted by molar-refractivity contribution is 7.98. The highest BCUT2D eigenvalue weighted by Crippen LogP contribution is 2.27. The van der Waals surface area contributed by atoms with Crippen molar-refractivity contribution in [3.8, 4) is 0 Å². The molecule has 3 rings (SSSR count). The van der Waals surface area contributed by atoms with Crippen LogP contribution in [0.15, 0.2) is 77.7 Å². The molecule has 0 unspecified atom stereocenters. The van der Waals surface area contributed by atoms with Crippen molar-refractivity contribution in [2.75, 3.05) is 23.1 Å². The molecule has 0 aromatic heterocycles. The quantitative estimate of drug-likeness (QED) is 0.368. The third-order valence-electron chi connectivity index (χ3n) is 5.55. The number of carbonyl (C=O) groups excluding carboxylic acids is 1. The summed E-state index contributed by atoms with van der Waals surface area (Å²) in [4.78, 5) is 12.9. The van der Waals surface area contributed by atoms with Crippen molar-refractivity contribution in [2.24, 2.45) is 0 Å². The number of anilines is 1. The summed E-state index contributed by atoms with van der Waals surface area (Å²) in [7, 11) is -3.89. The number of aryl methyl sites for hydroxylation is 3. The van der Waals surface area contributed by atoms with Gasteiger partial charge in [0.05, 0.1) is 10.6 Å². The van der Waals surface area contributed by atoms with Gasteiger partial charge in [-0.15, -0.1) is 0 Å². The van der Waals surface area contributed by atoms with Crippen LogP contribution in [-0.4, -0.2) is 33.2 Å². The molecule has 0 saturated carbocycles. The summed E-state index contributed by atoms with van der Waals surface area (Å²) >= 11 is 1.83. The zero-order valence-electron chi connectivity index (χ0n) is 20.0. The lowest BCUT2D eigenvalue weighted by molar-refractivity contribution is -0.119. The molecular weight excluding hydrogens is 464 g/mol. The van der Waals surface area contributed by atoms with Crippen molar-refractivity contribution in [2.45, 2.75) is 37.8 Å². The standard InChI is InChI=1S/C27H32N2O3S2/c1-21-14-15-26(23(3)18-21)29(34(31,32)25-12-5-4-6-13-25)19-27(30)28-16-9-17-33-20-24-11-8-7-10-22(24)2/h4-8,10-15,18H,9,16-17,19-20H2,1-3H3,(H,28,30). The Kier molecular flexibility index (Phi) is 9.19. The van der Waals surface area contributed by atoms with Gasteiger partial charge in [0.1, 0.15) is 6.54 Å². The molecule has 0 radical (unpaired) electrons. The predicted molar refractivity (Wildman–Crippen MR) is 142 cm³/mol. The SMILES string of the molecule is Cc1ccc(N(CC(=O)NCCCSCc2ccccc2C)S(=O)(=O)c2ccccc2)c(C)c1. The highest BCUT2D eigenvalue weighted by atomic mass is 32.2. The van der Waals surface area contributed by atoms with E-state index in [2.05, 4.69) is 24.4 Å². The maximum absolute atomic E-state index is 13.4. The molecule has 0 saturated heterocycles. The minimum Gasteiger partial charge on any atom is -0.354 e. The summed E-state index contributed by atoms with van der Waals surface area (Å²) in [5.74, 6) is 1.54. The highest BCUT2D eigenvalue weighted by Gasteiger charge is 2.28. The average molecular weight is 497 g/mol. The normalized spacial score (nSPS) is 11.3. The Labute approximate surface area is 207 Å². The topological polar surface area (TPSA) is 66.5 Å². The monoisotopic (exact) mass is 496 g/mol. The second-order valence-corrected chi connectivity index (χ2v) is 11.3. The lowest BCUT2D eigenvalue weighted by Crippen LogP contribution is -2.41. The van der Waals surface area contributed by atoms with Gasteiger partial charge in [-0.05, 0) is 67.8 Å². The van der Waals surface area contributed by atoms with Crippen LogP contribution in [0.4, 0.5) is 5.69 Å². The molecule has 3 aromatic carbocycles. The van der Waals surface area contributed by atoms with Gasteiger partial charge in [-0.3, -0.25) is 9.10 Å². The molecule has 0 atom stereocenters. The Morgan fingerprint density at radius 3 is 2.32 bits per heavy atom. The van der Waals surface area contributed by atoms with E-state index in [1.54, 1.807) is 36.4 Å². The van der Waals surface area contributed by atoms with Crippen molar-refractivity contribution in [3.05, 3.63) is 95.1 Å². The van der Waals surface area contributed by atoms with Gasteiger partial charge in [0.15, 0.2) is 0 Å². The predicted octanol–water partition coefficient (Wildman–Crippen LogP) is 5.25. The number of hydrogen-bond donors (Lipinski definition) is 1. The molecule has 0 aliphatic carbocycles. The zero-order chi connectivity index (χ0) is 24.6. The van der Waals surface area contributed by atoms with Gasteiger partial charge in [0.2, 0.25) is 5.91 Å². The van der Waals surface area contributed by atoms with Crippen LogP contribution in [0.3, 0.4) is 0 Å². The second kappa shape index (κ2) is 12.1. The average Bonchev–Trinajstić information content (AvgIpc) is 2.82. The lowest BCUT2D eigenvalue weighted by Gasteiger charge is -2.26. The van der Waals surface area contributed by atoms with Gasteiger partial charge in [-0.25, -0.2) is 8.42 Å². The van der Waals surface area contributed by atoms with Crippen LogP contribution in [0.1, 0.15) is 28.7 Å². The van der Waals surface area contributed by atoms with Gasteiger partial charge in [0, 0.05) is 12.3 Å². The van der Waals surface area contributed by atoms with E-state index in [-0.39, 0.29) is 17.3 Å². The molecule has 0 aliphatic rings. The summed E-state index contributed by atoms with van der Waals surface area (Å²) in [5.41, 5.74) is 4.96. The van der Waals surface area contributed by atoms with Gasteiger partial charge in [0.25, 0.3) is 10.0 Å². The number of rotatable bonds is 11. The summed E-state index contributed by atoms with van der Waals surface area (Å²) in [6.07, 6.45) is 0.817. The van der Waals surface area contributed by atoms with Crippen LogP contribution < -0.4 is 9.62 Å². The van der Waals surface area contributed by atoms with Crippen molar-refractivity contribution < 1.29 is 13.2 Å². The molecule has 1 N–H and O–H groups in total. The first-order valence-electron chi connectivity index (χ1n) is 11.3. The van der Waals surface area contributed by atoms with E-state index in [0.29, 0.717) is 12.2 Å². The Morgan fingerprint density at radius 2 is 1.62 bits per heavy atom. The number of benzene rings is 3. The van der Waals surface area contributed by atoms with Crippen molar-refractivity contribution in [1.82, 2.24) is 5.32 Å². The third kappa shape index (κ3) is 6.87. The Balaban J connectivity index is 1.61. The molecule has 0 heterocycles. The number of thioether (sulfide) groups is 1. The molecule has 1 amide bonds. The first kappa shape index (κ1) is 25.8. The fourth-order valence-corrected chi connectivity index (χ4v) is 6.19. The third-order valence-corrected chi connectivity index (χ3v) is 8.41. The molecule has 3 aromatic rings. The van der Waals surface area contributed by atoms with Crippen LogP contribution in [-0.2, 0) is 20.6 Å². The zero-order valence-corrected chi connectivity index (χ0v) is 21.6. The van der Waals surface area contributed by atoms with Gasteiger partial charge in [-0.2, -0.15) is 11.8 Å². The van der Waals surface area contributed by atoms with Crippen molar-refractivity contribution in [1.29, 1.82) is 0 Å². The van der Waals surface area contributed by atoms with E-state index in [9.17, 15) is 13.2 Å². The Morgan fingerprint density at radius 1 is 0.912 bits per heavy atom. The van der Waals surface area contributed by atoms with Crippen LogP contribution >= 0.6 is 11.8 Å². The van der Waals surface area contributed by atoms with E-state index in [0.717, 1.165) is 29.1 Å². The second-order valence-electron chi connectivity index (χ2n) is 8.30. The van der Waals surface area contributed by atoms with Crippen LogP contribution in [0.25, 0.3) is 0 Å². The molecule has 0 spiro atoms. The minimum absolute atomic E-state index is 0.162. The molecule has 34 heavy (non-hydrogen) atoms. The summed E-state index contributed by atoms with van der Waals surface area (Å²) in [6, 6.07) is 22.1. The number of nitrogens with one attached hydrogen (secondary N) is 1. The molecule has 5 nitrogen and oxygen atoms in total. The van der Waals surface area contributed by atoms with E-state index in [4.69, 9.17) is 0 Å². The van der Waals surface area contributed by atoms with Gasteiger partial charge in [-0.1, -0.05) is 60.2 Å². The largest absolute Gasteiger partial charge is 0.354 e. The minimum atomic E-state index is -3.89. The lowest BCUT2D eigenvalue weighted by atomic mass is 10.1. The maximum atomic E-state index is 13.4. The molecule has 0 aliphatic heterocycles. The number of carbonyl (C=O) groups is 1. The van der Waals surface area contributed by atoms with E-state index in [1.165, 1.54) is 15.4 Å². The van der Waals surface area contributed by atoms with Crippen LogP contribution in [0.2, 0.25) is 0 Å². The van der Waals surface area contributed by atoms with E-state index < -0.39 is 10.0 Å². The molecular formula is C27H32N2O3S2. The number of hydrogen-bond acceptors (Lipinski definition) is 4. The summed E-state index contributed by atoms with van der Waals surface area (Å²) in [5, 5.41) is 2.89. The number of amides is 1. The maximum Gasteiger partial charge on any atom is 0.264 e. The molecule has 7 heteroatoms. The van der Waals surface area contributed by atoms with Crippen molar-refractivity contribution >= 4 is 33.4 Å². The van der Waals surface area contributed by atoms with Gasteiger partial charge < -0.3 is 5.32 Å². The smallest absolute Gasteiger partial charge is 0.264 e. The van der Waals surface area contributed by atoms with Crippen LogP contribution in [0, 0.1) is 20.8 Å². The molecule has 180 valence electrons. The van der Waals surface area contributed by atoms with Crippen LogP contribution in [0.5, 0.6) is 0 Å². The van der Waals surface area contributed by atoms with Crippen molar-refractivity contribution in [3.63, 3.8) is 0 Å².